The molecule has 5 rings (SSSR count). The number of ketones is 1. The Kier molecular flexibility index (Phi) is 7.37. The molecule has 0 saturated heterocycles. The van der Waals surface area contributed by atoms with E-state index in [1.165, 1.54) is 6.42 Å². The first kappa shape index (κ1) is 26.1. The second kappa shape index (κ2) is 10.7. The van der Waals surface area contributed by atoms with Gasteiger partial charge in [0.2, 0.25) is 5.91 Å². The Morgan fingerprint density at radius 1 is 1.05 bits per heavy atom. The SMILES string of the molecule is COc1ccc(OC)c(C2C3=C(CC(C)(C)CC3=O)Nc3ccccc3N2CC(=O)NC2CCCCC2)c1. The molecule has 7 nitrogen and oxygen atoms in total. The first-order chi connectivity index (χ1) is 18.3. The summed E-state index contributed by atoms with van der Waals surface area (Å²) in [5.74, 6) is 1.37. The Morgan fingerprint density at radius 3 is 2.55 bits per heavy atom. The van der Waals surface area contributed by atoms with Crippen LogP contribution >= 0.6 is 0 Å². The number of para-hydroxylation sites is 2. The number of methoxy groups -OCH3 is 2. The van der Waals surface area contributed by atoms with Crippen molar-refractivity contribution in [3.05, 3.63) is 59.3 Å². The highest BCUT2D eigenvalue weighted by Gasteiger charge is 2.43. The van der Waals surface area contributed by atoms with Gasteiger partial charge in [0.05, 0.1) is 38.2 Å². The molecule has 0 spiro atoms. The second-order valence-corrected chi connectivity index (χ2v) is 11.5. The second-order valence-electron chi connectivity index (χ2n) is 11.5. The number of amides is 1. The predicted octanol–water partition coefficient (Wildman–Crippen LogP) is 5.77. The molecule has 2 aliphatic carbocycles. The van der Waals surface area contributed by atoms with Gasteiger partial charge in [-0.3, -0.25) is 9.59 Å². The quantitative estimate of drug-likeness (QED) is 0.507. The number of nitrogens with zero attached hydrogens (tertiary/aromatic N) is 1. The van der Waals surface area contributed by atoms with Crippen LogP contribution in [0.5, 0.6) is 11.5 Å². The van der Waals surface area contributed by atoms with Gasteiger partial charge in [-0.15, -0.1) is 0 Å². The zero-order chi connectivity index (χ0) is 26.9. The van der Waals surface area contributed by atoms with E-state index in [0.29, 0.717) is 23.5 Å². The summed E-state index contributed by atoms with van der Waals surface area (Å²) in [6.07, 6.45) is 6.71. The van der Waals surface area contributed by atoms with E-state index in [-0.39, 0.29) is 29.7 Å². The van der Waals surface area contributed by atoms with Crippen molar-refractivity contribution in [2.24, 2.45) is 5.41 Å². The average molecular weight is 518 g/mol. The number of hydrogen-bond donors (Lipinski definition) is 2. The minimum Gasteiger partial charge on any atom is -0.497 e. The highest BCUT2D eigenvalue weighted by atomic mass is 16.5. The molecule has 0 aromatic heterocycles. The van der Waals surface area contributed by atoms with Crippen LogP contribution in [-0.4, -0.2) is 38.5 Å². The number of nitrogens with one attached hydrogen (secondary N) is 2. The number of Topliss-reactive ketones (excluding diaryl/α,β-unsaturated/α-hetero) is 1. The molecule has 0 bridgehead atoms. The molecule has 1 heterocycles. The van der Waals surface area contributed by atoms with Crippen molar-refractivity contribution >= 4 is 23.1 Å². The Morgan fingerprint density at radius 2 is 1.82 bits per heavy atom. The molecule has 3 aliphatic rings. The summed E-state index contributed by atoms with van der Waals surface area (Å²) >= 11 is 0. The van der Waals surface area contributed by atoms with Crippen molar-refractivity contribution in [2.45, 2.75) is 70.9 Å². The predicted molar refractivity (Wildman–Crippen MR) is 150 cm³/mol. The van der Waals surface area contributed by atoms with Gasteiger partial charge in [0, 0.05) is 29.3 Å². The van der Waals surface area contributed by atoms with Gasteiger partial charge >= 0.3 is 0 Å². The molecule has 1 fully saturated rings. The van der Waals surface area contributed by atoms with E-state index in [0.717, 1.165) is 54.7 Å². The topological polar surface area (TPSA) is 79.9 Å². The Bertz CT molecular complexity index is 1250. The number of anilines is 2. The van der Waals surface area contributed by atoms with Gasteiger partial charge in [-0.05, 0) is 55.0 Å². The number of rotatable bonds is 6. The van der Waals surface area contributed by atoms with Crippen LogP contribution in [-0.2, 0) is 9.59 Å². The Balaban J connectivity index is 1.66. The molecule has 1 unspecified atom stereocenters. The summed E-state index contributed by atoms with van der Waals surface area (Å²) in [5.41, 5.74) is 3.99. The van der Waals surface area contributed by atoms with Crippen LogP contribution in [0.15, 0.2) is 53.7 Å². The van der Waals surface area contributed by atoms with Crippen molar-refractivity contribution < 1.29 is 19.1 Å². The Hall–Kier alpha value is -3.48. The molecule has 1 amide bonds. The zero-order valence-corrected chi connectivity index (χ0v) is 22.9. The smallest absolute Gasteiger partial charge is 0.239 e. The van der Waals surface area contributed by atoms with E-state index < -0.39 is 6.04 Å². The number of carbonyl (C=O) groups excluding carboxylic acids is 2. The molecule has 7 heteroatoms. The maximum atomic E-state index is 13.9. The van der Waals surface area contributed by atoms with E-state index >= 15 is 0 Å². The van der Waals surface area contributed by atoms with Crippen LogP contribution in [0.4, 0.5) is 11.4 Å². The van der Waals surface area contributed by atoms with Crippen molar-refractivity contribution in [3.63, 3.8) is 0 Å². The van der Waals surface area contributed by atoms with Crippen LogP contribution < -0.4 is 25.0 Å². The maximum absolute atomic E-state index is 13.9. The fraction of sp³-hybridized carbons (Fsp3) is 0.484. The summed E-state index contributed by atoms with van der Waals surface area (Å²) in [6.45, 7) is 4.38. The molecule has 2 N–H and O–H groups in total. The molecule has 1 atom stereocenters. The first-order valence-electron chi connectivity index (χ1n) is 13.7. The van der Waals surface area contributed by atoms with E-state index in [1.807, 2.05) is 42.5 Å². The summed E-state index contributed by atoms with van der Waals surface area (Å²) in [4.78, 5) is 29.6. The number of allylic oxidation sites excluding steroid dienone is 1. The average Bonchev–Trinajstić information content (AvgIpc) is 3.02. The monoisotopic (exact) mass is 517 g/mol. The lowest BCUT2D eigenvalue weighted by atomic mass is 9.73. The van der Waals surface area contributed by atoms with Gasteiger partial charge < -0.3 is 25.0 Å². The van der Waals surface area contributed by atoms with E-state index in [1.54, 1.807) is 14.2 Å². The lowest BCUT2D eigenvalue weighted by Crippen LogP contribution is -2.45. The van der Waals surface area contributed by atoms with E-state index in [4.69, 9.17) is 9.47 Å². The van der Waals surface area contributed by atoms with Crippen LogP contribution in [0.3, 0.4) is 0 Å². The van der Waals surface area contributed by atoms with Gasteiger partial charge in [0.25, 0.3) is 0 Å². The third kappa shape index (κ3) is 5.24. The minimum absolute atomic E-state index is 0.0359. The fourth-order valence-electron chi connectivity index (χ4n) is 6.28. The lowest BCUT2D eigenvalue weighted by molar-refractivity contribution is -0.121. The van der Waals surface area contributed by atoms with Crippen LogP contribution in [0.2, 0.25) is 0 Å². The van der Waals surface area contributed by atoms with Gasteiger partial charge in [-0.2, -0.15) is 0 Å². The van der Waals surface area contributed by atoms with Gasteiger partial charge in [-0.1, -0.05) is 45.2 Å². The molecular weight excluding hydrogens is 478 g/mol. The lowest BCUT2D eigenvalue weighted by Gasteiger charge is -2.38. The number of carbonyl (C=O) groups is 2. The van der Waals surface area contributed by atoms with Crippen molar-refractivity contribution in [3.8, 4) is 11.5 Å². The third-order valence-electron chi connectivity index (χ3n) is 8.02. The number of ether oxygens (including phenoxy) is 2. The fourth-order valence-corrected chi connectivity index (χ4v) is 6.28. The van der Waals surface area contributed by atoms with Gasteiger partial charge in [-0.25, -0.2) is 0 Å². The van der Waals surface area contributed by atoms with Crippen molar-refractivity contribution in [1.29, 1.82) is 0 Å². The molecule has 0 radical (unpaired) electrons. The van der Waals surface area contributed by atoms with Gasteiger partial charge in [0.15, 0.2) is 5.78 Å². The minimum atomic E-state index is -0.521. The van der Waals surface area contributed by atoms with E-state index in [2.05, 4.69) is 29.4 Å². The first-order valence-corrected chi connectivity index (χ1v) is 13.7. The number of hydrogen-bond acceptors (Lipinski definition) is 6. The molecule has 1 aliphatic heterocycles. The Labute approximate surface area is 225 Å². The third-order valence-corrected chi connectivity index (χ3v) is 8.02. The highest BCUT2D eigenvalue weighted by Crippen LogP contribution is 2.50. The summed E-state index contributed by atoms with van der Waals surface area (Å²) in [5, 5.41) is 6.89. The van der Waals surface area contributed by atoms with Gasteiger partial charge in [0.1, 0.15) is 11.5 Å². The zero-order valence-electron chi connectivity index (χ0n) is 22.9. The van der Waals surface area contributed by atoms with Crippen molar-refractivity contribution in [1.82, 2.24) is 5.32 Å². The summed E-state index contributed by atoms with van der Waals surface area (Å²) < 4.78 is 11.4. The summed E-state index contributed by atoms with van der Waals surface area (Å²) in [7, 11) is 3.26. The highest BCUT2D eigenvalue weighted by molar-refractivity contribution is 6.02. The molecule has 2 aromatic rings. The van der Waals surface area contributed by atoms with E-state index in [9.17, 15) is 9.59 Å². The largest absolute Gasteiger partial charge is 0.497 e. The van der Waals surface area contributed by atoms with Crippen molar-refractivity contribution in [2.75, 3.05) is 31.0 Å². The molecule has 38 heavy (non-hydrogen) atoms. The summed E-state index contributed by atoms with van der Waals surface area (Å²) in [6, 6.07) is 13.3. The van der Waals surface area contributed by atoms with Crippen LogP contribution in [0.25, 0.3) is 0 Å². The molecule has 2 aromatic carbocycles. The van der Waals surface area contributed by atoms with Crippen LogP contribution in [0, 0.1) is 5.41 Å². The number of benzene rings is 2. The van der Waals surface area contributed by atoms with Crippen LogP contribution in [0.1, 0.15) is 70.4 Å². The number of fused-ring (bicyclic) bond motifs is 1. The maximum Gasteiger partial charge on any atom is 0.239 e. The standard InChI is InChI=1S/C31H39N3O4/c1-31(2)17-24-29(26(35)18-31)30(22-16-21(37-3)14-15-27(22)38-4)34(25-13-9-8-12-23(25)33-24)19-28(36)32-20-10-6-5-7-11-20/h8-9,12-16,20,30,33H,5-7,10-11,17-19H2,1-4H3,(H,32,36). The normalized spacial score (nSPS) is 21.1. The molecule has 1 saturated carbocycles. The molecule has 202 valence electrons. The molecular formula is C31H39N3O4.